The molecule has 0 unspecified atom stereocenters. The molecular weight excluding hydrogens is 360 g/mol. The second-order valence-electron chi connectivity index (χ2n) is 5.90. The van der Waals surface area contributed by atoms with Gasteiger partial charge in [-0.25, -0.2) is 10.4 Å². The number of fused-ring (bicyclic) bond motifs is 1. The lowest BCUT2D eigenvalue weighted by Crippen LogP contribution is -2.34. The number of thiocarbonyl (C=S) groups is 1. The molecule has 0 radical (unpaired) electrons. The Morgan fingerprint density at radius 2 is 1.96 bits per heavy atom. The van der Waals surface area contributed by atoms with Crippen LogP contribution in [0.5, 0.6) is 0 Å². The minimum Gasteiger partial charge on any atom is -0.328 e. The fourth-order valence-electron chi connectivity index (χ4n) is 2.69. The van der Waals surface area contributed by atoms with Crippen molar-refractivity contribution in [1.29, 1.82) is 0 Å². The molecule has 3 heterocycles. The van der Waals surface area contributed by atoms with E-state index in [1.54, 1.807) is 30.3 Å². The highest BCUT2D eigenvalue weighted by Crippen LogP contribution is 2.20. The predicted molar refractivity (Wildman–Crippen MR) is 109 cm³/mol. The maximum absolute atomic E-state index is 12.2. The summed E-state index contributed by atoms with van der Waals surface area (Å²) in [7, 11) is 0. The van der Waals surface area contributed by atoms with Gasteiger partial charge in [-0.1, -0.05) is 18.2 Å². The normalized spacial score (nSPS) is 13.0. The highest BCUT2D eigenvalue weighted by molar-refractivity contribution is 7.80. The molecule has 4 N–H and O–H groups in total. The van der Waals surface area contributed by atoms with Crippen molar-refractivity contribution in [3.63, 3.8) is 0 Å². The molecule has 0 atom stereocenters. The van der Waals surface area contributed by atoms with Crippen LogP contribution >= 0.6 is 12.2 Å². The van der Waals surface area contributed by atoms with Crippen LogP contribution < -0.4 is 21.5 Å². The van der Waals surface area contributed by atoms with E-state index in [2.05, 4.69) is 31.5 Å². The summed E-state index contributed by atoms with van der Waals surface area (Å²) in [5, 5.41) is 5.78. The van der Waals surface area contributed by atoms with Gasteiger partial charge in [0.25, 0.3) is 5.91 Å². The van der Waals surface area contributed by atoms with E-state index < -0.39 is 0 Å². The molecule has 7 nitrogen and oxygen atoms in total. The molecule has 0 saturated carbocycles. The van der Waals surface area contributed by atoms with Gasteiger partial charge in [0.15, 0.2) is 5.11 Å². The van der Waals surface area contributed by atoms with Crippen molar-refractivity contribution in [2.24, 2.45) is 0 Å². The number of amides is 1. The first-order chi connectivity index (χ1) is 13.2. The van der Waals surface area contributed by atoms with Crippen molar-refractivity contribution in [3.05, 3.63) is 72.1 Å². The van der Waals surface area contributed by atoms with Crippen LogP contribution in [-0.2, 0) is 0 Å². The minimum absolute atomic E-state index is 0.187. The number of rotatable bonds is 3. The van der Waals surface area contributed by atoms with Crippen LogP contribution in [0.3, 0.4) is 0 Å². The van der Waals surface area contributed by atoms with E-state index in [0.29, 0.717) is 11.4 Å². The molecule has 3 aromatic rings. The SMILES string of the molecule is O=C(NC(=S)Nc1ccc2ncc(C3=CNNC3)cc2n1)c1ccccc1. The summed E-state index contributed by atoms with van der Waals surface area (Å²) in [5.74, 6) is 0.266. The van der Waals surface area contributed by atoms with E-state index >= 15 is 0 Å². The van der Waals surface area contributed by atoms with Crippen LogP contribution in [0, 0.1) is 0 Å². The Bertz CT molecular complexity index is 1050. The number of nitrogens with one attached hydrogen (secondary N) is 4. The van der Waals surface area contributed by atoms with Crippen molar-refractivity contribution in [3.8, 4) is 0 Å². The van der Waals surface area contributed by atoms with Gasteiger partial charge in [-0.2, -0.15) is 0 Å². The smallest absolute Gasteiger partial charge is 0.257 e. The highest BCUT2D eigenvalue weighted by Gasteiger charge is 2.10. The number of nitrogens with zero attached hydrogens (tertiary/aromatic N) is 2. The first-order valence-electron chi connectivity index (χ1n) is 8.31. The van der Waals surface area contributed by atoms with Crippen LogP contribution in [-0.4, -0.2) is 27.5 Å². The first-order valence-corrected chi connectivity index (χ1v) is 8.72. The number of anilines is 1. The number of hydrogen-bond acceptors (Lipinski definition) is 6. The Morgan fingerprint density at radius 3 is 2.74 bits per heavy atom. The third-order valence-corrected chi connectivity index (χ3v) is 4.24. The fourth-order valence-corrected chi connectivity index (χ4v) is 2.88. The third-order valence-electron chi connectivity index (χ3n) is 4.04. The molecular formula is C19H16N6OS. The summed E-state index contributed by atoms with van der Waals surface area (Å²) in [6.45, 7) is 0.723. The van der Waals surface area contributed by atoms with Crippen LogP contribution in [0.4, 0.5) is 5.82 Å². The average molecular weight is 376 g/mol. The van der Waals surface area contributed by atoms with Crippen molar-refractivity contribution in [1.82, 2.24) is 26.1 Å². The number of carbonyl (C=O) groups is 1. The van der Waals surface area contributed by atoms with Crippen LogP contribution in [0.1, 0.15) is 15.9 Å². The fraction of sp³-hybridized carbons (Fsp3) is 0.0526. The summed E-state index contributed by atoms with van der Waals surface area (Å²) in [5.41, 5.74) is 10.1. The van der Waals surface area contributed by atoms with Gasteiger partial charge in [-0.05, 0) is 48.1 Å². The maximum atomic E-state index is 12.2. The molecule has 4 rings (SSSR count). The molecule has 8 heteroatoms. The zero-order chi connectivity index (χ0) is 18.6. The quantitative estimate of drug-likeness (QED) is 0.521. The van der Waals surface area contributed by atoms with E-state index in [1.807, 2.05) is 30.6 Å². The lowest BCUT2D eigenvalue weighted by Gasteiger charge is -2.10. The Balaban J connectivity index is 1.49. The lowest BCUT2D eigenvalue weighted by atomic mass is 10.1. The van der Waals surface area contributed by atoms with E-state index in [-0.39, 0.29) is 11.0 Å². The molecule has 2 aromatic heterocycles. The van der Waals surface area contributed by atoms with Gasteiger partial charge >= 0.3 is 0 Å². The first kappa shape index (κ1) is 17.1. The van der Waals surface area contributed by atoms with Crippen molar-refractivity contribution in [2.45, 2.75) is 0 Å². The Kier molecular flexibility index (Phi) is 4.73. The second-order valence-corrected chi connectivity index (χ2v) is 6.31. The maximum Gasteiger partial charge on any atom is 0.257 e. The van der Waals surface area contributed by atoms with E-state index in [9.17, 15) is 4.79 Å². The molecule has 0 saturated heterocycles. The molecule has 134 valence electrons. The van der Waals surface area contributed by atoms with Crippen LogP contribution in [0.15, 0.2) is 60.9 Å². The molecule has 0 fully saturated rings. The van der Waals surface area contributed by atoms with Gasteiger partial charge in [0.1, 0.15) is 5.82 Å². The summed E-state index contributed by atoms with van der Waals surface area (Å²) in [6.07, 6.45) is 3.72. The van der Waals surface area contributed by atoms with E-state index in [4.69, 9.17) is 12.2 Å². The van der Waals surface area contributed by atoms with Crippen molar-refractivity contribution in [2.75, 3.05) is 11.9 Å². The molecule has 0 aliphatic carbocycles. The molecule has 1 aromatic carbocycles. The molecule has 1 amide bonds. The Hall–Kier alpha value is -3.36. The molecule has 1 aliphatic heterocycles. The number of aromatic nitrogens is 2. The van der Waals surface area contributed by atoms with Gasteiger partial charge in [0.2, 0.25) is 0 Å². The summed E-state index contributed by atoms with van der Waals surface area (Å²) in [4.78, 5) is 21.2. The van der Waals surface area contributed by atoms with E-state index in [1.165, 1.54) is 0 Å². The molecule has 0 bridgehead atoms. The van der Waals surface area contributed by atoms with Crippen molar-refractivity contribution < 1.29 is 4.79 Å². The highest BCUT2D eigenvalue weighted by atomic mass is 32.1. The largest absolute Gasteiger partial charge is 0.328 e. The zero-order valence-corrected chi connectivity index (χ0v) is 15.0. The van der Waals surface area contributed by atoms with Gasteiger partial charge in [-0.15, -0.1) is 0 Å². The van der Waals surface area contributed by atoms with Crippen LogP contribution in [0.25, 0.3) is 16.6 Å². The summed E-state index contributed by atoms with van der Waals surface area (Å²) >= 11 is 5.22. The number of hydrazine groups is 1. The number of benzene rings is 1. The summed E-state index contributed by atoms with van der Waals surface area (Å²) in [6, 6.07) is 14.5. The van der Waals surface area contributed by atoms with Gasteiger partial charge < -0.3 is 10.7 Å². The second kappa shape index (κ2) is 7.48. The average Bonchev–Trinajstić information content (AvgIpc) is 3.23. The zero-order valence-electron chi connectivity index (χ0n) is 14.2. The van der Waals surface area contributed by atoms with E-state index in [0.717, 1.165) is 28.7 Å². The number of hydrogen-bond donors (Lipinski definition) is 4. The van der Waals surface area contributed by atoms with Gasteiger partial charge in [0.05, 0.1) is 11.0 Å². The monoisotopic (exact) mass is 376 g/mol. The summed E-state index contributed by atoms with van der Waals surface area (Å²) < 4.78 is 0. The topological polar surface area (TPSA) is 91.0 Å². The predicted octanol–water partition coefficient (Wildman–Crippen LogP) is 2.21. The Labute approximate surface area is 160 Å². The molecule has 27 heavy (non-hydrogen) atoms. The third kappa shape index (κ3) is 3.91. The molecule has 0 spiro atoms. The number of pyridine rings is 2. The van der Waals surface area contributed by atoms with Gasteiger partial charge in [0, 0.05) is 30.1 Å². The number of carbonyl (C=O) groups excluding carboxylic acids is 1. The minimum atomic E-state index is -0.272. The Morgan fingerprint density at radius 1 is 1.11 bits per heavy atom. The van der Waals surface area contributed by atoms with Crippen molar-refractivity contribution >= 4 is 45.7 Å². The van der Waals surface area contributed by atoms with Crippen LogP contribution in [0.2, 0.25) is 0 Å². The standard InChI is InChI=1S/C19H16N6OS/c26-18(12-4-2-1-3-5-12)25-19(27)24-17-7-6-15-16(23-17)8-13(9-20-15)14-10-21-22-11-14/h1-10,21-22H,11H2,(H2,23,24,25,26,27). The molecule has 1 aliphatic rings. The lowest BCUT2D eigenvalue weighted by molar-refractivity contribution is 0.0977. The van der Waals surface area contributed by atoms with Gasteiger partial charge in [-0.3, -0.25) is 15.1 Å².